The molecule has 0 heterocycles. The Hall–Kier alpha value is -0.430. The SMILES string of the molecule is Cc1ccc(C(C)(C)C)cc1CCS. The van der Waals surface area contributed by atoms with Gasteiger partial charge in [-0.2, -0.15) is 12.6 Å². The van der Waals surface area contributed by atoms with Gasteiger partial charge in [-0.3, -0.25) is 0 Å². The van der Waals surface area contributed by atoms with Gasteiger partial charge in [-0.1, -0.05) is 39.0 Å². The molecule has 0 nitrogen and oxygen atoms in total. The summed E-state index contributed by atoms with van der Waals surface area (Å²) in [6, 6.07) is 6.78. The third kappa shape index (κ3) is 2.78. The number of rotatable bonds is 2. The van der Waals surface area contributed by atoms with Crippen LogP contribution in [0.3, 0.4) is 0 Å². The van der Waals surface area contributed by atoms with Gasteiger partial charge < -0.3 is 0 Å². The zero-order valence-corrected chi connectivity index (χ0v) is 10.5. The molecule has 0 aliphatic carbocycles. The second kappa shape index (κ2) is 4.39. The normalized spacial score (nSPS) is 11.8. The van der Waals surface area contributed by atoms with Crippen molar-refractivity contribution in [1.82, 2.24) is 0 Å². The van der Waals surface area contributed by atoms with E-state index in [0.717, 1.165) is 12.2 Å². The Morgan fingerprint density at radius 1 is 1.21 bits per heavy atom. The monoisotopic (exact) mass is 208 g/mol. The second-order valence-electron chi connectivity index (χ2n) is 4.86. The Labute approximate surface area is 93.1 Å². The molecule has 1 rings (SSSR count). The van der Waals surface area contributed by atoms with Gasteiger partial charge in [0.25, 0.3) is 0 Å². The lowest BCUT2D eigenvalue weighted by molar-refractivity contribution is 0.589. The van der Waals surface area contributed by atoms with Crippen LogP contribution < -0.4 is 0 Å². The Bertz CT molecular complexity index is 308. The van der Waals surface area contributed by atoms with Crippen molar-refractivity contribution in [2.24, 2.45) is 0 Å². The van der Waals surface area contributed by atoms with Crippen molar-refractivity contribution in [2.45, 2.75) is 39.5 Å². The first-order chi connectivity index (χ1) is 6.45. The Morgan fingerprint density at radius 3 is 2.36 bits per heavy atom. The average molecular weight is 208 g/mol. The van der Waals surface area contributed by atoms with Gasteiger partial charge in [0.05, 0.1) is 0 Å². The Morgan fingerprint density at radius 2 is 1.86 bits per heavy atom. The van der Waals surface area contributed by atoms with E-state index in [1.54, 1.807) is 0 Å². The number of hydrogen-bond donors (Lipinski definition) is 1. The molecule has 0 fully saturated rings. The first kappa shape index (κ1) is 11.6. The minimum atomic E-state index is 0.249. The minimum absolute atomic E-state index is 0.249. The summed E-state index contributed by atoms with van der Waals surface area (Å²) in [6.45, 7) is 8.93. The molecule has 0 N–H and O–H groups in total. The van der Waals surface area contributed by atoms with Crippen LogP contribution in [-0.4, -0.2) is 5.75 Å². The lowest BCUT2D eigenvalue weighted by Gasteiger charge is -2.20. The van der Waals surface area contributed by atoms with Crippen molar-refractivity contribution in [3.63, 3.8) is 0 Å². The molecule has 0 radical (unpaired) electrons. The maximum absolute atomic E-state index is 4.29. The zero-order chi connectivity index (χ0) is 10.8. The highest BCUT2D eigenvalue weighted by Crippen LogP contribution is 2.24. The van der Waals surface area contributed by atoms with Crippen LogP contribution in [0.4, 0.5) is 0 Å². The van der Waals surface area contributed by atoms with Gasteiger partial charge in [-0.25, -0.2) is 0 Å². The number of benzene rings is 1. The predicted octanol–water partition coefficient (Wildman–Crippen LogP) is 3.76. The standard InChI is InChI=1S/C13H20S/c1-10-5-6-12(13(2,3)4)9-11(10)7-8-14/h5-6,9,14H,7-8H2,1-4H3. The first-order valence-corrected chi connectivity index (χ1v) is 5.79. The summed E-state index contributed by atoms with van der Waals surface area (Å²) in [5, 5.41) is 0. The van der Waals surface area contributed by atoms with E-state index in [1.807, 2.05) is 0 Å². The molecule has 1 aromatic rings. The summed E-state index contributed by atoms with van der Waals surface area (Å²) in [4.78, 5) is 0. The lowest BCUT2D eigenvalue weighted by atomic mass is 9.85. The molecule has 0 saturated carbocycles. The average Bonchev–Trinajstić information content (AvgIpc) is 2.07. The largest absolute Gasteiger partial charge is 0.179 e. The van der Waals surface area contributed by atoms with Gasteiger partial charge in [0, 0.05) is 0 Å². The highest BCUT2D eigenvalue weighted by atomic mass is 32.1. The molecule has 0 aromatic heterocycles. The van der Waals surface area contributed by atoms with Crippen LogP contribution in [0.2, 0.25) is 0 Å². The molecule has 0 bridgehead atoms. The summed E-state index contributed by atoms with van der Waals surface area (Å²) < 4.78 is 0. The van der Waals surface area contributed by atoms with Gasteiger partial charge in [0.15, 0.2) is 0 Å². The number of hydrogen-bond acceptors (Lipinski definition) is 1. The second-order valence-corrected chi connectivity index (χ2v) is 5.31. The lowest BCUT2D eigenvalue weighted by Crippen LogP contribution is -2.11. The third-order valence-corrected chi connectivity index (χ3v) is 2.82. The molecule has 0 amide bonds. The highest BCUT2D eigenvalue weighted by Gasteiger charge is 2.14. The summed E-state index contributed by atoms with van der Waals surface area (Å²) in [7, 11) is 0. The van der Waals surface area contributed by atoms with Gasteiger partial charge in [0.2, 0.25) is 0 Å². The molecule has 0 atom stereocenters. The minimum Gasteiger partial charge on any atom is -0.179 e. The topological polar surface area (TPSA) is 0 Å². The van der Waals surface area contributed by atoms with Crippen LogP contribution >= 0.6 is 12.6 Å². The third-order valence-electron chi connectivity index (χ3n) is 2.60. The van der Waals surface area contributed by atoms with Crippen molar-refractivity contribution in [3.8, 4) is 0 Å². The van der Waals surface area contributed by atoms with E-state index in [-0.39, 0.29) is 5.41 Å². The molecule has 0 saturated heterocycles. The van der Waals surface area contributed by atoms with Gasteiger partial charge in [-0.15, -0.1) is 0 Å². The molecule has 14 heavy (non-hydrogen) atoms. The Balaban J connectivity index is 3.06. The van der Waals surface area contributed by atoms with E-state index < -0.39 is 0 Å². The summed E-state index contributed by atoms with van der Waals surface area (Å²) >= 11 is 4.29. The van der Waals surface area contributed by atoms with Crippen molar-refractivity contribution >= 4 is 12.6 Å². The highest BCUT2D eigenvalue weighted by molar-refractivity contribution is 7.80. The molecule has 0 aliphatic rings. The van der Waals surface area contributed by atoms with Gasteiger partial charge in [-0.05, 0) is 41.2 Å². The van der Waals surface area contributed by atoms with Crippen molar-refractivity contribution in [1.29, 1.82) is 0 Å². The van der Waals surface area contributed by atoms with Crippen LogP contribution in [-0.2, 0) is 11.8 Å². The fraction of sp³-hybridized carbons (Fsp3) is 0.538. The summed E-state index contributed by atoms with van der Waals surface area (Å²) in [6.07, 6.45) is 1.07. The van der Waals surface area contributed by atoms with Crippen molar-refractivity contribution in [2.75, 3.05) is 5.75 Å². The fourth-order valence-electron chi connectivity index (χ4n) is 1.53. The summed E-state index contributed by atoms with van der Waals surface area (Å²) in [5.74, 6) is 0.925. The van der Waals surface area contributed by atoms with Crippen LogP contribution in [0.25, 0.3) is 0 Å². The van der Waals surface area contributed by atoms with E-state index in [0.29, 0.717) is 0 Å². The molecular weight excluding hydrogens is 188 g/mol. The van der Waals surface area contributed by atoms with Crippen LogP contribution in [0, 0.1) is 6.92 Å². The maximum atomic E-state index is 4.29. The van der Waals surface area contributed by atoms with E-state index >= 15 is 0 Å². The maximum Gasteiger partial charge on any atom is -0.00573 e. The van der Waals surface area contributed by atoms with Crippen LogP contribution in [0.15, 0.2) is 18.2 Å². The molecule has 0 aliphatic heterocycles. The van der Waals surface area contributed by atoms with E-state index in [1.165, 1.54) is 16.7 Å². The van der Waals surface area contributed by atoms with Crippen molar-refractivity contribution in [3.05, 3.63) is 34.9 Å². The number of thiol groups is 1. The predicted molar refractivity (Wildman–Crippen MR) is 67.4 cm³/mol. The molecule has 78 valence electrons. The molecular formula is C13H20S. The van der Waals surface area contributed by atoms with E-state index in [2.05, 4.69) is 58.5 Å². The first-order valence-electron chi connectivity index (χ1n) is 5.16. The molecule has 0 spiro atoms. The fourth-order valence-corrected chi connectivity index (χ4v) is 1.77. The van der Waals surface area contributed by atoms with Crippen molar-refractivity contribution < 1.29 is 0 Å². The smallest absolute Gasteiger partial charge is 0.00573 e. The molecule has 0 unspecified atom stereocenters. The van der Waals surface area contributed by atoms with E-state index in [9.17, 15) is 0 Å². The quantitative estimate of drug-likeness (QED) is 0.703. The molecule has 1 aromatic carbocycles. The molecule has 1 heteroatoms. The van der Waals surface area contributed by atoms with Crippen LogP contribution in [0.1, 0.15) is 37.5 Å². The van der Waals surface area contributed by atoms with Gasteiger partial charge in [0.1, 0.15) is 0 Å². The van der Waals surface area contributed by atoms with E-state index in [4.69, 9.17) is 0 Å². The Kier molecular flexibility index (Phi) is 3.65. The summed E-state index contributed by atoms with van der Waals surface area (Å²) in [5.41, 5.74) is 4.48. The van der Waals surface area contributed by atoms with Gasteiger partial charge >= 0.3 is 0 Å². The number of aryl methyl sites for hydroxylation is 2. The van der Waals surface area contributed by atoms with Crippen LogP contribution in [0.5, 0.6) is 0 Å². The zero-order valence-electron chi connectivity index (χ0n) is 9.59.